The molecule has 0 bridgehead atoms. The fourth-order valence-corrected chi connectivity index (χ4v) is 6.16. The quantitative estimate of drug-likeness (QED) is 0.406. The second-order valence-electron chi connectivity index (χ2n) is 11.1. The maximum Gasteiger partial charge on any atom is 0.226 e. The van der Waals surface area contributed by atoms with Crippen molar-refractivity contribution < 1.29 is 9.47 Å². The summed E-state index contributed by atoms with van der Waals surface area (Å²) in [5.74, 6) is 3.21. The van der Waals surface area contributed by atoms with Gasteiger partial charge < -0.3 is 9.47 Å². The summed E-state index contributed by atoms with van der Waals surface area (Å²) in [6.07, 6.45) is 10.4. The highest BCUT2D eigenvalue weighted by atomic mass is 16.7. The molecule has 2 fully saturated rings. The van der Waals surface area contributed by atoms with Crippen LogP contribution in [0.4, 0.5) is 0 Å². The SMILES string of the molecule is CCC(c1ccc(OC(OC2CCC3CCCCC3C2)c2ccccc2)cc1)C(C)(C)C. The molecule has 0 saturated heterocycles. The van der Waals surface area contributed by atoms with Gasteiger partial charge in [0.1, 0.15) is 5.75 Å². The van der Waals surface area contributed by atoms with Crippen molar-refractivity contribution in [2.45, 2.75) is 97.4 Å². The molecule has 4 rings (SSSR count). The maximum atomic E-state index is 6.66. The van der Waals surface area contributed by atoms with Crippen LogP contribution in [0, 0.1) is 17.3 Å². The highest BCUT2D eigenvalue weighted by Gasteiger charge is 2.34. The number of hydrogen-bond acceptors (Lipinski definition) is 2. The fraction of sp³-hybridized carbons (Fsp3) is 0.600. The summed E-state index contributed by atoms with van der Waals surface area (Å²) in [5, 5.41) is 0. The first-order chi connectivity index (χ1) is 15.4. The summed E-state index contributed by atoms with van der Waals surface area (Å²) in [7, 11) is 0. The Morgan fingerprint density at radius 3 is 2.16 bits per heavy atom. The van der Waals surface area contributed by atoms with Gasteiger partial charge in [0.15, 0.2) is 0 Å². The standard InChI is InChI=1S/C30H42O2/c1-5-28(30(2,3)4)23-16-18-26(19-17-23)31-29(24-12-7-6-8-13-24)32-27-20-15-22-11-9-10-14-25(22)21-27/h6-8,12-13,16-19,22,25,27-29H,5,9-11,14-15,20-21H2,1-4H3. The minimum atomic E-state index is -0.350. The molecule has 0 amide bonds. The third-order valence-electron chi connectivity index (χ3n) is 7.86. The number of ether oxygens (including phenoxy) is 2. The second kappa shape index (κ2) is 10.4. The summed E-state index contributed by atoms with van der Waals surface area (Å²) >= 11 is 0. The third-order valence-corrected chi connectivity index (χ3v) is 7.86. The van der Waals surface area contributed by atoms with Crippen LogP contribution < -0.4 is 4.74 Å². The lowest BCUT2D eigenvalue weighted by molar-refractivity contribution is -0.143. The molecule has 2 aliphatic carbocycles. The van der Waals surface area contributed by atoms with Crippen molar-refractivity contribution in [1.29, 1.82) is 0 Å². The normalized spacial score (nSPS) is 25.6. The van der Waals surface area contributed by atoms with Crippen LogP contribution in [0.2, 0.25) is 0 Å². The van der Waals surface area contributed by atoms with Crippen LogP contribution in [0.1, 0.15) is 102 Å². The van der Waals surface area contributed by atoms with E-state index in [4.69, 9.17) is 9.47 Å². The van der Waals surface area contributed by atoms with Crippen LogP contribution in [0.3, 0.4) is 0 Å². The Hall–Kier alpha value is -1.80. The van der Waals surface area contributed by atoms with Crippen molar-refractivity contribution >= 4 is 0 Å². The minimum absolute atomic E-state index is 0.255. The molecule has 0 N–H and O–H groups in total. The highest BCUT2D eigenvalue weighted by molar-refractivity contribution is 5.31. The van der Waals surface area contributed by atoms with E-state index in [1.165, 1.54) is 44.1 Å². The zero-order valence-corrected chi connectivity index (χ0v) is 20.6. The van der Waals surface area contributed by atoms with E-state index < -0.39 is 0 Å². The van der Waals surface area contributed by atoms with Crippen LogP contribution in [-0.2, 0) is 4.74 Å². The fourth-order valence-electron chi connectivity index (χ4n) is 6.16. The molecule has 2 aromatic rings. The average Bonchev–Trinajstić information content (AvgIpc) is 2.80. The Balaban J connectivity index is 1.47. The Morgan fingerprint density at radius 2 is 1.50 bits per heavy atom. The second-order valence-corrected chi connectivity index (χ2v) is 11.1. The largest absolute Gasteiger partial charge is 0.461 e. The van der Waals surface area contributed by atoms with Crippen molar-refractivity contribution in [2.24, 2.45) is 17.3 Å². The van der Waals surface area contributed by atoms with Crippen LogP contribution >= 0.6 is 0 Å². The van der Waals surface area contributed by atoms with E-state index in [-0.39, 0.29) is 11.7 Å². The topological polar surface area (TPSA) is 18.5 Å². The third kappa shape index (κ3) is 5.76. The summed E-state index contributed by atoms with van der Waals surface area (Å²) in [6.45, 7) is 9.25. The van der Waals surface area contributed by atoms with Gasteiger partial charge in [-0.3, -0.25) is 0 Å². The molecule has 174 valence electrons. The van der Waals surface area contributed by atoms with Gasteiger partial charge in [0.05, 0.1) is 6.10 Å². The van der Waals surface area contributed by atoms with Gasteiger partial charge in [-0.05, 0) is 66.5 Å². The lowest BCUT2D eigenvalue weighted by Gasteiger charge is -2.40. The average molecular weight is 435 g/mol. The molecule has 0 aromatic heterocycles. The van der Waals surface area contributed by atoms with E-state index in [2.05, 4.69) is 82.3 Å². The summed E-state index contributed by atoms with van der Waals surface area (Å²) in [6, 6.07) is 19.2. The molecule has 2 saturated carbocycles. The molecular weight excluding hydrogens is 392 g/mol. The van der Waals surface area contributed by atoms with Gasteiger partial charge in [-0.2, -0.15) is 0 Å². The zero-order valence-electron chi connectivity index (χ0n) is 20.6. The Labute approximate surface area is 195 Å². The van der Waals surface area contributed by atoms with Crippen molar-refractivity contribution in [1.82, 2.24) is 0 Å². The lowest BCUT2D eigenvalue weighted by Crippen LogP contribution is -2.33. The van der Waals surface area contributed by atoms with E-state index in [1.54, 1.807) is 0 Å². The summed E-state index contributed by atoms with van der Waals surface area (Å²) in [4.78, 5) is 0. The van der Waals surface area contributed by atoms with E-state index >= 15 is 0 Å². The Kier molecular flexibility index (Phi) is 7.61. The predicted molar refractivity (Wildman–Crippen MR) is 133 cm³/mol. The number of hydrogen-bond donors (Lipinski definition) is 0. The van der Waals surface area contributed by atoms with Gasteiger partial charge in [0.25, 0.3) is 0 Å². The molecule has 32 heavy (non-hydrogen) atoms. The van der Waals surface area contributed by atoms with Crippen LogP contribution in [0.15, 0.2) is 54.6 Å². The van der Waals surface area contributed by atoms with Gasteiger partial charge in [0, 0.05) is 5.56 Å². The molecule has 0 radical (unpaired) electrons. The first kappa shape index (κ1) is 23.4. The number of fused-ring (bicyclic) bond motifs is 1. The van der Waals surface area contributed by atoms with E-state index in [0.29, 0.717) is 12.0 Å². The van der Waals surface area contributed by atoms with Crippen LogP contribution in [-0.4, -0.2) is 6.10 Å². The van der Waals surface area contributed by atoms with E-state index in [9.17, 15) is 0 Å². The molecule has 2 aromatic carbocycles. The summed E-state index contributed by atoms with van der Waals surface area (Å²) < 4.78 is 13.1. The lowest BCUT2D eigenvalue weighted by atomic mass is 9.70. The first-order valence-electron chi connectivity index (χ1n) is 12.9. The monoisotopic (exact) mass is 434 g/mol. The van der Waals surface area contributed by atoms with Gasteiger partial charge in [-0.25, -0.2) is 0 Å². The summed E-state index contributed by atoms with van der Waals surface area (Å²) in [5.41, 5.74) is 2.74. The van der Waals surface area contributed by atoms with E-state index in [1.807, 2.05) is 0 Å². The van der Waals surface area contributed by atoms with Crippen molar-refractivity contribution in [3.05, 3.63) is 65.7 Å². The molecule has 2 aliphatic rings. The molecule has 5 unspecified atom stereocenters. The molecule has 2 nitrogen and oxygen atoms in total. The maximum absolute atomic E-state index is 6.66. The Bertz CT molecular complexity index is 820. The van der Waals surface area contributed by atoms with Crippen LogP contribution in [0.25, 0.3) is 0 Å². The first-order valence-corrected chi connectivity index (χ1v) is 12.9. The molecule has 0 heterocycles. The molecule has 0 spiro atoms. The van der Waals surface area contributed by atoms with Gasteiger partial charge in [-0.1, -0.05) is 95.8 Å². The highest BCUT2D eigenvalue weighted by Crippen LogP contribution is 2.43. The van der Waals surface area contributed by atoms with E-state index in [0.717, 1.165) is 36.0 Å². The Morgan fingerprint density at radius 1 is 0.812 bits per heavy atom. The van der Waals surface area contributed by atoms with Crippen molar-refractivity contribution in [2.75, 3.05) is 0 Å². The van der Waals surface area contributed by atoms with Gasteiger partial charge in [-0.15, -0.1) is 0 Å². The molecule has 2 heteroatoms. The van der Waals surface area contributed by atoms with Crippen molar-refractivity contribution in [3.63, 3.8) is 0 Å². The smallest absolute Gasteiger partial charge is 0.226 e. The zero-order chi connectivity index (χ0) is 22.6. The van der Waals surface area contributed by atoms with Gasteiger partial charge in [0.2, 0.25) is 6.29 Å². The molecule has 5 atom stereocenters. The number of rotatable bonds is 7. The van der Waals surface area contributed by atoms with Gasteiger partial charge >= 0.3 is 0 Å². The van der Waals surface area contributed by atoms with Crippen LogP contribution in [0.5, 0.6) is 5.75 Å². The minimum Gasteiger partial charge on any atom is -0.461 e. The molecule has 0 aliphatic heterocycles. The number of benzene rings is 2. The molecular formula is C30H42O2. The van der Waals surface area contributed by atoms with Crippen molar-refractivity contribution in [3.8, 4) is 5.75 Å². The predicted octanol–water partition coefficient (Wildman–Crippen LogP) is 8.68.